The summed E-state index contributed by atoms with van der Waals surface area (Å²) in [5.41, 5.74) is 1.30. The van der Waals surface area contributed by atoms with Crippen LogP contribution in [0.25, 0.3) is 22.4 Å². The van der Waals surface area contributed by atoms with Crippen LogP contribution in [0, 0.1) is 0 Å². The molecule has 0 aliphatic heterocycles. The van der Waals surface area contributed by atoms with E-state index in [2.05, 4.69) is 25.6 Å². The summed E-state index contributed by atoms with van der Waals surface area (Å²) in [6, 6.07) is 10.9. The van der Waals surface area contributed by atoms with Crippen molar-refractivity contribution in [1.29, 1.82) is 0 Å². The predicted molar refractivity (Wildman–Crippen MR) is 93.5 cm³/mol. The third kappa shape index (κ3) is 3.74. The number of carbonyl (C=O) groups excluding carboxylic acids is 1. The number of carboxylic acids is 1. The van der Waals surface area contributed by atoms with Crippen LogP contribution in [0.1, 0.15) is 17.4 Å². The molecule has 2 heterocycles. The summed E-state index contributed by atoms with van der Waals surface area (Å²) in [5, 5.41) is 15.6. The fourth-order valence-electron chi connectivity index (χ4n) is 2.40. The number of aromatic amines is 1. The number of aromatic nitrogens is 3. The molecule has 1 aromatic carbocycles. The number of hydrogen-bond donors (Lipinski definition) is 4. The van der Waals surface area contributed by atoms with E-state index in [0.29, 0.717) is 35.8 Å². The van der Waals surface area contributed by atoms with Crippen molar-refractivity contribution in [2.45, 2.75) is 6.92 Å². The van der Waals surface area contributed by atoms with E-state index in [0.717, 1.165) is 5.56 Å². The van der Waals surface area contributed by atoms with Gasteiger partial charge < -0.3 is 20.7 Å². The molecule has 0 unspecified atom stereocenters. The first-order valence-corrected chi connectivity index (χ1v) is 7.72. The molecule has 0 radical (unpaired) electrons. The highest BCUT2D eigenvalue weighted by atomic mass is 16.4. The molecule has 0 saturated heterocycles. The van der Waals surface area contributed by atoms with Crippen molar-refractivity contribution in [1.82, 2.24) is 20.3 Å². The van der Waals surface area contributed by atoms with Gasteiger partial charge in [0.25, 0.3) is 0 Å². The smallest absolute Gasteiger partial charge is 0.352 e. The summed E-state index contributed by atoms with van der Waals surface area (Å²) in [4.78, 5) is 33.9. The lowest BCUT2D eigenvalue weighted by molar-refractivity contribution is -0.118. The molecule has 4 N–H and O–H groups in total. The highest BCUT2D eigenvalue weighted by molar-refractivity contribution is 5.97. The Morgan fingerprint density at radius 1 is 1.16 bits per heavy atom. The highest BCUT2D eigenvalue weighted by Crippen LogP contribution is 2.25. The number of rotatable bonds is 6. The molecule has 1 amide bonds. The van der Waals surface area contributed by atoms with Gasteiger partial charge in [-0.25, -0.2) is 14.8 Å². The molecule has 0 atom stereocenters. The molecule has 0 saturated carbocycles. The van der Waals surface area contributed by atoms with Gasteiger partial charge in [-0.1, -0.05) is 30.3 Å². The van der Waals surface area contributed by atoms with E-state index in [1.807, 2.05) is 30.3 Å². The van der Waals surface area contributed by atoms with Crippen molar-refractivity contribution in [3.05, 3.63) is 42.1 Å². The molecule has 0 spiro atoms. The molecule has 0 fully saturated rings. The molecule has 3 aromatic rings. The molecule has 3 rings (SSSR count). The zero-order valence-electron chi connectivity index (χ0n) is 13.5. The van der Waals surface area contributed by atoms with E-state index in [-0.39, 0.29) is 11.6 Å². The molecule has 0 bridgehead atoms. The summed E-state index contributed by atoms with van der Waals surface area (Å²) >= 11 is 0. The number of nitrogens with zero attached hydrogens (tertiary/aromatic N) is 2. The van der Waals surface area contributed by atoms with Crippen LogP contribution < -0.4 is 10.6 Å². The van der Waals surface area contributed by atoms with E-state index in [1.165, 1.54) is 13.0 Å². The molecule has 2 aromatic heterocycles. The SMILES string of the molecule is CC(=O)NCCNc1nc(-c2ccccc2)nc2[nH]c(C(=O)O)cc12. The number of amides is 1. The largest absolute Gasteiger partial charge is 0.477 e. The number of anilines is 1. The van der Waals surface area contributed by atoms with Gasteiger partial charge in [0, 0.05) is 25.6 Å². The number of H-pyrrole nitrogens is 1. The molecule has 0 aliphatic carbocycles. The average Bonchev–Trinajstić information content (AvgIpc) is 3.03. The maximum absolute atomic E-state index is 11.2. The zero-order chi connectivity index (χ0) is 17.8. The Hall–Kier alpha value is -3.42. The Morgan fingerprint density at radius 3 is 2.60 bits per heavy atom. The van der Waals surface area contributed by atoms with Gasteiger partial charge in [-0.15, -0.1) is 0 Å². The Morgan fingerprint density at radius 2 is 1.92 bits per heavy atom. The molecule has 0 aliphatic rings. The Balaban J connectivity index is 1.98. The summed E-state index contributed by atoms with van der Waals surface area (Å²) in [6.07, 6.45) is 0. The lowest BCUT2D eigenvalue weighted by Crippen LogP contribution is -2.26. The van der Waals surface area contributed by atoms with Gasteiger partial charge in [0.15, 0.2) is 5.82 Å². The fraction of sp³-hybridized carbons (Fsp3) is 0.176. The first-order chi connectivity index (χ1) is 12.0. The van der Waals surface area contributed by atoms with Gasteiger partial charge in [0.05, 0.1) is 5.39 Å². The molecule has 8 heteroatoms. The lowest BCUT2D eigenvalue weighted by atomic mass is 10.2. The van der Waals surface area contributed by atoms with Crippen LogP contribution in [0.5, 0.6) is 0 Å². The van der Waals surface area contributed by atoms with Gasteiger partial charge in [0.2, 0.25) is 5.91 Å². The number of aromatic carboxylic acids is 1. The van der Waals surface area contributed by atoms with Gasteiger partial charge in [-0.05, 0) is 6.07 Å². The van der Waals surface area contributed by atoms with E-state index in [1.54, 1.807) is 0 Å². The Bertz CT molecular complexity index is 921. The Labute approximate surface area is 143 Å². The minimum absolute atomic E-state index is 0.0411. The van der Waals surface area contributed by atoms with Crippen LogP contribution in [0.2, 0.25) is 0 Å². The lowest BCUT2D eigenvalue weighted by Gasteiger charge is -2.09. The quantitative estimate of drug-likeness (QED) is 0.509. The summed E-state index contributed by atoms with van der Waals surface area (Å²) in [5.74, 6) is -0.190. The first-order valence-electron chi connectivity index (χ1n) is 7.72. The van der Waals surface area contributed by atoms with E-state index < -0.39 is 5.97 Å². The number of nitrogens with one attached hydrogen (secondary N) is 3. The van der Waals surface area contributed by atoms with E-state index in [4.69, 9.17) is 0 Å². The number of carboxylic acid groups (broad SMARTS) is 1. The second-order valence-electron chi connectivity index (χ2n) is 5.42. The zero-order valence-corrected chi connectivity index (χ0v) is 13.5. The summed E-state index contributed by atoms with van der Waals surface area (Å²) < 4.78 is 0. The predicted octanol–water partition coefficient (Wildman–Crippen LogP) is 1.87. The number of carbonyl (C=O) groups is 2. The maximum Gasteiger partial charge on any atom is 0.352 e. The van der Waals surface area contributed by atoms with Gasteiger partial charge in [-0.3, -0.25) is 4.79 Å². The van der Waals surface area contributed by atoms with Crippen molar-refractivity contribution in [2.75, 3.05) is 18.4 Å². The van der Waals surface area contributed by atoms with Crippen LogP contribution in [0.15, 0.2) is 36.4 Å². The number of fused-ring (bicyclic) bond motifs is 1. The Kier molecular flexibility index (Phi) is 4.60. The minimum atomic E-state index is -1.07. The first kappa shape index (κ1) is 16.4. The van der Waals surface area contributed by atoms with Crippen molar-refractivity contribution in [3.63, 3.8) is 0 Å². The summed E-state index contributed by atoms with van der Waals surface area (Å²) in [7, 11) is 0. The number of benzene rings is 1. The normalized spacial score (nSPS) is 10.6. The number of hydrogen-bond acceptors (Lipinski definition) is 5. The second-order valence-corrected chi connectivity index (χ2v) is 5.42. The molecule has 25 heavy (non-hydrogen) atoms. The summed E-state index contributed by atoms with van der Waals surface area (Å²) in [6.45, 7) is 2.33. The maximum atomic E-state index is 11.2. The van der Waals surface area contributed by atoms with Crippen molar-refractivity contribution >= 4 is 28.7 Å². The van der Waals surface area contributed by atoms with Crippen LogP contribution >= 0.6 is 0 Å². The van der Waals surface area contributed by atoms with Crippen molar-refractivity contribution in [2.24, 2.45) is 0 Å². The molecule has 8 nitrogen and oxygen atoms in total. The van der Waals surface area contributed by atoms with Gasteiger partial charge in [0.1, 0.15) is 17.2 Å². The average molecular weight is 339 g/mol. The highest BCUT2D eigenvalue weighted by Gasteiger charge is 2.15. The third-order valence-corrected chi connectivity index (χ3v) is 3.54. The van der Waals surface area contributed by atoms with Crippen LogP contribution in [-0.2, 0) is 4.79 Å². The third-order valence-electron chi connectivity index (χ3n) is 3.54. The fourth-order valence-corrected chi connectivity index (χ4v) is 2.40. The molecule has 128 valence electrons. The molecular weight excluding hydrogens is 322 g/mol. The standard InChI is InChI=1S/C17H17N5O3/c1-10(23)18-7-8-19-15-12-9-13(17(24)25)20-16(12)22-14(21-15)11-5-3-2-4-6-11/h2-6,9H,7-8H2,1H3,(H,18,23)(H,24,25)(H2,19,20,21,22). The monoisotopic (exact) mass is 339 g/mol. The minimum Gasteiger partial charge on any atom is -0.477 e. The van der Waals surface area contributed by atoms with Crippen LogP contribution in [0.3, 0.4) is 0 Å². The van der Waals surface area contributed by atoms with Crippen LogP contribution in [0.4, 0.5) is 5.82 Å². The second kappa shape index (κ2) is 7.00. The van der Waals surface area contributed by atoms with Crippen molar-refractivity contribution in [3.8, 4) is 11.4 Å². The van der Waals surface area contributed by atoms with E-state index in [9.17, 15) is 14.7 Å². The molecular formula is C17H17N5O3. The van der Waals surface area contributed by atoms with Gasteiger partial charge in [-0.2, -0.15) is 0 Å². The van der Waals surface area contributed by atoms with Gasteiger partial charge >= 0.3 is 5.97 Å². The van der Waals surface area contributed by atoms with Crippen molar-refractivity contribution < 1.29 is 14.7 Å². The topological polar surface area (TPSA) is 120 Å². The van der Waals surface area contributed by atoms with E-state index >= 15 is 0 Å². The van der Waals surface area contributed by atoms with Crippen LogP contribution in [-0.4, -0.2) is 45.0 Å².